The van der Waals surface area contributed by atoms with Gasteiger partial charge in [-0.05, 0) is 35.0 Å². The molecule has 0 radical (unpaired) electrons. The Hall–Kier alpha value is -2.30. The van der Waals surface area contributed by atoms with Crippen LogP contribution in [-0.2, 0) is 19.6 Å². The normalized spacial score (nSPS) is 17.1. The van der Waals surface area contributed by atoms with Gasteiger partial charge in [0.2, 0.25) is 0 Å². The number of ether oxygens (including phenoxy) is 3. The van der Waals surface area contributed by atoms with E-state index in [0.29, 0.717) is 24.3 Å². The van der Waals surface area contributed by atoms with E-state index in [0.717, 1.165) is 5.39 Å². The van der Waals surface area contributed by atoms with Crippen LogP contribution in [0.4, 0.5) is 8.78 Å². The van der Waals surface area contributed by atoms with Crippen LogP contribution in [0.15, 0.2) is 36.4 Å². The van der Waals surface area contributed by atoms with Gasteiger partial charge in [-0.15, -0.1) is 0 Å². The predicted octanol–water partition coefficient (Wildman–Crippen LogP) is 2.25. The topological polar surface area (TPSA) is 102 Å². The summed E-state index contributed by atoms with van der Waals surface area (Å²) in [5.41, 5.74) is -0.0383. The Kier molecular flexibility index (Phi) is 4.82. The molecule has 1 heterocycles. The number of benzene rings is 2. The summed E-state index contributed by atoms with van der Waals surface area (Å²) in [6, 6.07) is 9.46. The molecule has 2 aromatic rings. The Bertz CT molecular complexity index is 939. The van der Waals surface area contributed by atoms with Gasteiger partial charge in [0.25, 0.3) is 0 Å². The standard InChI is InChI=1S/C16H14F2O7S/c17-16(18,26(20,21)22)9-25-15(19)12-2-1-11-6-13(4-3-10(11)5-12)23-7-14-8-24-14/h1-6,14H,7-9H2,(H,20,21,22). The van der Waals surface area contributed by atoms with E-state index in [1.165, 1.54) is 12.1 Å². The molecule has 0 amide bonds. The molecule has 1 unspecified atom stereocenters. The summed E-state index contributed by atoms with van der Waals surface area (Å²) in [4.78, 5) is 11.8. The molecule has 1 atom stereocenters. The average Bonchev–Trinajstić information content (AvgIpc) is 3.40. The van der Waals surface area contributed by atoms with Crippen molar-refractivity contribution in [3.05, 3.63) is 42.0 Å². The van der Waals surface area contributed by atoms with Gasteiger partial charge in [-0.1, -0.05) is 12.1 Å². The van der Waals surface area contributed by atoms with Crippen molar-refractivity contribution in [3.63, 3.8) is 0 Å². The fourth-order valence-corrected chi connectivity index (χ4v) is 2.31. The summed E-state index contributed by atoms with van der Waals surface area (Å²) in [5, 5.41) is -3.19. The summed E-state index contributed by atoms with van der Waals surface area (Å²) in [7, 11) is -5.66. The molecule has 0 aromatic heterocycles. The lowest BCUT2D eigenvalue weighted by atomic mass is 10.1. The molecule has 3 rings (SSSR count). The zero-order valence-corrected chi connectivity index (χ0v) is 14.0. The van der Waals surface area contributed by atoms with Crippen LogP contribution in [0.1, 0.15) is 10.4 Å². The lowest BCUT2D eigenvalue weighted by Crippen LogP contribution is -2.34. The van der Waals surface area contributed by atoms with E-state index >= 15 is 0 Å². The highest BCUT2D eigenvalue weighted by atomic mass is 32.2. The molecule has 2 aromatic carbocycles. The summed E-state index contributed by atoms with van der Waals surface area (Å²) in [6.45, 7) is -0.660. The van der Waals surface area contributed by atoms with Crippen LogP contribution in [0.25, 0.3) is 10.8 Å². The molecule has 7 nitrogen and oxygen atoms in total. The Morgan fingerprint density at radius 3 is 2.54 bits per heavy atom. The Labute approximate surface area is 147 Å². The zero-order chi connectivity index (χ0) is 18.9. The van der Waals surface area contributed by atoms with Crippen LogP contribution < -0.4 is 4.74 Å². The fraction of sp³-hybridized carbons (Fsp3) is 0.312. The first kappa shape index (κ1) is 18.5. The lowest BCUT2D eigenvalue weighted by Gasteiger charge is -2.13. The van der Waals surface area contributed by atoms with Gasteiger partial charge in [0.05, 0.1) is 12.2 Å². The van der Waals surface area contributed by atoms with Crippen LogP contribution in [0, 0.1) is 0 Å². The van der Waals surface area contributed by atoms with Gasteiger partial charge in [0.1, 0.15) is 18.5 Å². The number of hydrogen-bond acceptors (Lipinski definition) is 6. The average molecular weight is 388 g/mol. The highest BCUT2D eigenvalue weighted by Crippen LogP contribution is 2.25. The van der Waals surface area contributed by atoms with Crippen molar-refractivity contribution in [1.29, 1.82) is 0 Å². The van der Waals surface area contributed by atoms with Crippen molar-refractivity contribution in [2.45, 2.75) is 11.4 Å². The maximum absolute atomic E-state index is 13.1. The first-order valence-corrected chi connectivity index (χ1v) is 8.90. The monoisotopic (exact) mass is 388 g/mol. The second-order valence-electron chi connectivity index (χ2n) is 5.68. The van der Waals surface area contributed by atoms with Crippen LogP contribution in [0.3, 0.4) is 0 Å². The van der Waals surface area contributed by atoms with Crippen molar-refractivity contribution in [2.75, 3.05) is 19.8 Å². The quantitative estimate of drug-likeness (QED) is 0.441. The van der Waals surface area contributed by atoms with Gasteiger partial charge in [0, 0.05) is 0 Å². The Morgan fingerprint density at radius 1 is 1.23 bits per heavy atom. The van der Waals surface area contributed by atoms with E-state index in [-0.39, 0.29) is 11.7 Å². The molecule has 1 N–H and O–H groups in total. The van der Waals surface area contributed by atoms with E-state index in [1.54, 1.807) is 24.3 Å². The Balaban J connectivity index is 1.69. The number of carbonyl (C=O) groups excluding carboxylic acids is 1. The van der Waals surface area contributed by atoms with Gasteiger partial charge >= 0.3 is 21.3 Å². The minimum atomic E-state index is -5.66. The van der Waals surface area contributed by atoms with Crippen molar-refractivity contribution in [1.82, 2.24) is 0 Å². The number of fused-ring (bicyclic) bond motifs is 1. The van der Waals surface area contributed by atoms with Crippen molar-refractivity contribution in [2.24, 2.45) is 0 Å². The zero-order valence-electron chi connectivity index (χ0n) is 13.2. The first-order chi connectivity index (χ1) is 12.2. The van der Waals surface area contributed by atoms with E-state index in [9.17, 15) is 22.0 Å². The molecule has 10 heteroatoms. The van der Waals surface area contributed by atoms with Crippen LogP contribution in [0.5, 0.6) is 5.75 Å². The molecule has 0 spiro atoms. The molecule has 1 aliphatic heterocycles. The maximum atomic E-state index is 13.1. The molecule has 140 valence electrons. The fourth-order valence-electron chi connectivity index (χ4n) is 2.10. The molecule has 26 heavy (non-hydrogen) atoms. The first-order valence-electron chi connectivity index (χ1n) is 7.46. The molecule has 0 saturated carbocycles. The highest BCUT2D eigenvalue weighted by molar-refractivity contribution is 7.86. The third-order valence-corrected chi connectivity index (χ3v) is 4.51. The van der Waals surface area contributed by atoms with E-state index in [1.807, 2.05) is 0 Å². The summed E-state index contributed by atoms with van der Waals surface area (Å²) in [6.07, 6.45) is 0.115. The van der Waals surface area contributed by atoms with Gasteiger partial charge in [0.15, 0.2) is 6.61 Å². The van der Waals surface area contributed by atoms with Crippen LogP contribution in [-0.4, -0.2) is 50.1 Å². The van der Waals surface area contributed by atoms with Gasteiger partial charge in [-0.2, -0.15) is 17.2 Å². The van der Waals surface area contributed by atoms with Crippen LogP contribution in [0.2, 0.25) is 0 Å². The van der Waals surface area contributed by atoms with Gasteiger partial charge in [-0.25, -0.2) is 4.79 Å². The van der Waals surface area contributed by atoms with Crippen molar-refractivity contribution >= 4 is 26.9 Å². The summed E-state index contributed by atoms with van der Waals surface area (Å²) >= 11 is 0. The van der Waals surface area contributed by atoms with Gasteiger partial charge < -0.3 is 14.2 Å². The minimum Gasteiger partial charge on any atom is -0.491 e. The maximum Gasteiger partial charge on any atom is 0.402 e. The van der Waals surface area contributed by atoms with Gasteiger partial charge in [-0.3, -0.25) is 4.55 Å². The number of rotatable bonds is 7. The molecule has 1 saturated heterocycles. The number of alkyl halides is 2. The third kappa shape index (κ3) is 4.26. The largest absolute Gasteiger partial charge is 0.491 e. The van der Waals surface area contributed by atoms with E-state index < -0.39 is 27.9 Å². The molecule has 0 aliphatic carbocycles. The minimum absolute atomic E-state index is 0.0383. The molecule has 1 aliphatic rings. The van der Waals surface area contributed by atoms with Crippen LogP contribution >= 0.6 is 0 Å². The summed E-state index contributed by atoms with van der Waals surface area (Å²) in [5.74, 6) is -0.516. The number of halogens is 2. The molecular formula is C16H14F2O7S. The SMILES string of the molecule is O=C(OCC(F)(F)S(=O)(=O)O)c1ccc2cc(OCC3CO3)ccc2c1. The summed E-state index contributed by atoms with van der Waals surface area (Å²) < 4.78 is 70.5. The molecular weight excluding hydrogens is 374 g/mol. The number of epoxide rings is 1. The van der Waals surface area contributed by atoms with E-state index in [4.69, 9.17) is 14.0 Å². The Morgan fingerprint density at radius 2 is 1.88 bits per heavy atom. The number of esters is 1. The second-order valence-corrected chi connectivity index (χ2v) is 7.23. The third-order valence-electron chi connectivity index (χ3n) is 3.63. The second kappa shape index (κ2) is 6.78. The molecule has 0 bridgehead atoms. The number of hydrogen-bond donors (Lipinski definition) is 1. The van der Waals surface area contributed by atoms with Crippen molar-refractivity contribution < 1.29 is 40.8 Å². The predicted molar refractivity (Wildman–Crippen MR) is 86.0 cm³/mol. The lowest BCUT2D eigenvalue weighted by molar-refractivity contribution is -0.00949. The molecule has 1 fully saturated rings. The van der Waals surface area contributed by atoms with E-state index in [2.05, 4.69) is 4.74 Å². The van der Waals surface area contributed by atoms with Crippen molar-refractivity contribution in [3.8, 4) is 5.75 Å². The highest BCUT2D eigenvalue weighted by Gasteiger charge is 2.45. The smallest absolute Gasteiger partial charge is 0.402 e. The number of carbonyl (C=O) groups is 1.